The maximum absolute atomic E-state index is 11.2. The standard InChI is InChI=1S/C24H34O2/c1-13(2)17-9-11-19(15(5)6)23(25)21(17)22-18(14(3)4)10-12-20(16(7)8)24(22)26/h9-16,25-26H,1-8H3. The summed E-state index contributed by atoms with van der Waals surface area (Å²) in [6.07, 6.45) is 0. The maximum Gasteiger partial charge on any atom is 0.127 e. The third kappa shape index (κ3) is 3.60. The highest BCUT2D eigenvalue weighted by molar-refractivity contribution is 5.84. The molecule has 0 aliphatic carbocycles. The topological polar surface area (TPSA) is 40.5 Å². The zero-order valence-electron chi connectivity index (χ0n) is 17.5. The average Bonchev–Trinajstić information content (AvgIpc) is 2.53. The second-order valence-corrected chi connectivity index (χ2v) is 8.55. The molecule has 2 aromatic rings. The van der Waals surface area contributed by atoms with Gasteiger partial charge in [0.2, 0.25) is 0 Å². The van der Waals surface area contributed by atoms with Gasteiger partial charge in [0.05, 0.1) is 0 Å². The van der Waals surface area contributed by atoms with Crippen molar-refractivity contribution in [1.29, 1.82) is 0 Å². The van der Waals surface area contributed by atoms with Gasteiger partial charge in [0.25, 0.3) is 0 Å². The molecule has 0 amide bonds. The first-order chi connectivity index (χ1) is 12.1. The van der Waals surface area contributed by atoms with Crippen molar-refractivity contribution in [3.8, 4) is 22.6 Å². The highest BCUT2D eigenvalue weighted by atomic mass is 16.3. The summed E-state index contributed by atoms with van der Waals surface area (Å²) >= 11 is 0. The molecule has 0 saturated carbocycles. The van der Waals surface area contributed by atoms with Gasteiger partial charge in [-0.15, -0.1) is 0 Å². The van der Waals surface area contributed by atoms with Crippen LogP contribution in [-0.4, -0.2) is 10.2 Å². The molecule has 2 aromatic carbocycles. The Balaban J connectivity index is 2.98. The van der Waals surface area contributed by atoms with Gasteiger partial charge in [-0.05, 0) is 45.9 Å². The molecule has 0 heterocycles. The van der Waals surface area contributed by atoms with Crippen LogP contribution in [0.15, 0.2) is 24.3 Å². The lowest BCUT2D eigenvalue weighted by Crippen LogP contribution is -2.03. The monoisotopic (exact) mass is 354 g/mol. The van der Waals surface area contributed by atoms with Crippen molar-refractivity contribution in [2.45, 2.75) is 79.1 Å². The minimum Gasteiger partial charge on any atom is -0.507 e. The quantitative estimate of drug-likeness (QED) is 0.593. The molecule has 0 fully saturated rings. The van der Waals surface area contributed by atoms with Crippen molar-refractivity contribution in [1.82, 2.24) is 0 Å². The summed E-state index contributed by atoms with van der Waals surface area (Å²) in [6.45, 7) is 16.9. The van der Waals surface area contributed by atoms with Crippen molar-refractivity contribution in [3.05, 3.63) is 46.5 Å². The van der Waals surface area contributed by atoms with E-state index in [0.717, 1.165) is 33.4 Å². The Labute approximate surface area is 158 Å². The fraction of sp³-hybridized carbons (Fsp3) is 0.500. The molecule has 0 aliphatic heterocycles. The Morgan fingerprint density at radius 2 is 0.692 bits per heavy atom. The molecule has 0 bridgehead atoms. The van der Waals surface area contributed by atoms with Crippen LogP contribution in [0.4, 0.5) is 0 Å². The first kappa shape index (κ1) is 20.4. The molecule has 0 saturated heterocycles. The zero-order valence-corrected chi connectivity index (χ0v) is 17.5. The van der Waals surface area contributed by atoms with Crippen LogP contribution in [0.2, 0.25) is 0 Å². The van der Waals surface area contributed by atoms with Gasteiger partial charge in [0.15, 0.2) is 0 Å². The van der Waals surface area contributed by atoms with Crippen molar-refractivity contribution < 1.29 is 10.2 Å². The Morgan fingerprint density at radius 3 is 0.923 bits per heavy atom. The predicted molar refractivity (Wildman–Crippen MR) is 112 cm³/mol. The minimum absolute atomic E-state index is 0.216. The Bertz CT molecular complexity index is 716. The normalized spacial score (nSPS) is 12.0. The SMILES string of the molecule is CC(C)c1ccc(C(C)C)c(-c2c(C(C)C)ccc(C(C)C)c2O)c1O. The van der Waals surface area contributed by atoms with Crippen molar-refractivity contribution in [3.63, 3.8) is 0 Å². The molecule has 0 unspecified atom stereocenters. The molecule has 142 valence electrons. The maximum atomic E-state index is 11.2. The van der Waals surface area contributed by atoms with Gasteiger partial charge in [0, 0.05) is 11.1 Å². The van der Waals surface area contributed by atoms with Crippen LogP contribution in [0.25, 0.3) is 11.1 Å². The summed E-state index contributed by atoms with van der Waals surface area (Å²) in [7, 11) is 0. The van der Waals surface area contributed by atoms with E-state index in [-0.39, 0.29) is 23.7 Å². The van der Waals surface area contributed by atoms with Gasteiger partial charge in [0.1, 0.15) is 11.5 Å². The van der Waals surface area contributed by atoms with Crippen LogP contribution >= 0.6 is 0 Å². The molecule has 0 atom stereocenters. The van der Waals surface area contributed by atoms with E-state index in [1.54, 1.807) is 0 Å². The smallest absolute Gasteiger partial charge is 0.127 e. The van der Waals surface area contributed by atoms with E-state index in [1.165, 1.54) is 0 Å². The van der Waals surface area contributed by atoms with Gasteiger partial charge in [-0.3, -0.25) is 0 Å². The van der Waals surface area contributed by atoms with E-state index >= 15 is 0 Å². The van der Waals surface area contributed by atoms with Crippen LogP contribution in [-0.2, 0) is 0 Å². The number of benzene rings is 2. The molecule has 2 heteroatoms. The lowest BCUT2D eigenvalue weighted by Gasteiger charge is -2.24. The van der Waals surface area contributed by atoms with Gasteiger partial charge < -0.3 is 10.2 Å². The van der Waals surface area contributed by atoms with E-state index in [1.807, 2.05) is 12.1 Å². The van der Waals surface area contributed by atoms with Crippen LogP contribution in [0.1, 0.15) is 101 Å². The van der Waals surface area contributed by atoms with Crippen LogP contribution in [0, 0.1) is 0 Å². The van der Waals surface area contributed by atoms with Gasteiger partial charge in [-0.2, -0.15) is 0 Å². The third-order valence-corrected chi connectivity index (χ3v) is 5.22. The van der Waals surface area contributed by atoms with E-state index in [2.05, 4.69) is 67.5 Å². The molecular weight excluding hydrogens is 320 g/mol. The Hall–Kier alpha value is -1.96. The lowest BCUT2D eigenvalue weighted by molar-refractivity contribution is 0.457. The minimum atomic E-state index is 0.216. The first-order valence-electron chi connectivity index (χ1n) is 9.79. The number of aromatic hydroxyl groups is 2. The molecule has 0 spiro atoms. The Morgan fingerprint density at radius 1 is 0.462 bits per heavy atom. The molecule has 0 aliphatic rings. The fourth-order valence-corrected chi connectivity index (χ4v) is 3.67. The number of rotatable bonds is 5. The number of hydrogen-bond acceptors (Lipinski definition) is 2. The summed E-state index contributed by atoms with van der Waals surface area (Å²) < 4.78 is 0. The average molecular weight is 355 g/mol. The molecule has 2 nitrogen and oxygen atoms in total. The summed E-state index contributed by atoms with van der Waals surface area (Å²) in [5, 5.41) is 22.4. The highest BCUT2D eigenvalue weighted by Gasteiger charge is 2.25. The molecule has 2 rings (SSSR count). The number of phenolic OH excluding ortho intramolecular Hbond substituents is 2. The molecule has 0 radical (unpaired) electrons. The second kappa shape index (κ2) is 7.73. The highest BCUT2D eigenvalue weighted by Crippen LogP contribution is 2.49. The Kier molecular flexibility index (Phi) is 6.05. The molecule has 0 aromatic heterocycles. The van der Waals surface area contributed by atoms with E-state index in [4.69, 9.17) is 0 Å². The number of hydrogen-bond donors (Lipinski definition) is 2. The van der Waals surface area contributed by atoms with Crippen molar-refractivity contribution >= 4 is 0 Å². The predicted octanol–water partition coefficient (Wildman–Crippen LogP) is 7.26. The molecule has 26 heavy (non-hydrogen) atoms. The summed E-state index contributed by atoms with van der Waals surface area (Å²) in [6, 6.07) is 8.27. The van der Waals surface area contributed by atoms with Gasteiger partial charge in [-0.25, -0.2) is 0 Å². The van der Waals surface area contributed by atoms with E-state index < -0.39 is 0 Å². The van der Waals surface area contributed by atoms with Crippen LogP contribution in [0.5, 0.6) is 11.5 Å². The van der Waals surface area contributed by atoms with Crippen LogP contribution < -0.4 is 0 Å². The summed E-state index contributed by atoms with van der Waals surface area (Å²) in [5.74, 6) is 1.55. The largest absolute Gasteiger partial charge is 0.507 e. The summed E-state index contributed by atoms with van der Waals surface area (Å²) in [5.41, 5.74) is 5.60. The van der Waals surface area contributed by atoms with Crippen LogP contribution in [0.3, 0.4) is 0 Å². The fourth-order valence-electron chi connectivity index (χ4n) is 3.67. The lowest BCUT2D eigenvalue weighted by atomic mass is 9.81. The first-order valence-corrected chi connectivity index (χ1v) is 9.79. The van der Waals surface area contributed by atoms with E-state index in [0.29, 0.717) is 11.5 Å². The van der Waals surface area contributed by atoms with Gasteiger partial charge in [-0.1, -0.05) is 79.7 Å². The van der Waals surface area contributed by atoms with Gasteiger partial charge >= 0.3 is 0 Å². The van der Waals surface area contributed by atoms with Crippen molar-refractivity contribution in [2.24, 2.45) is 0 Å². The van der Waals surface area contributed by atoms with Crippen molar-refractivity contribution in [2.75, 3.05) is 0 Å². The molecule has 2 N–H and O–H groups in total. The molecular formula is C24H34O2. The van der Waals surface area contributed by atoms with E-state index in [9.17, 15) is 10.2 Å². The zero-order chi connectivity index (χ0) is 19.8. The second-order valence-electron chi connectivity index (χ2n) is 8.55. The number of phenols is 2. The summed E-state index contributed by atoms with van der Waals surface area (Å²) in [4.78, 5) is 0. The third-order valence-electron chi connectivity index (χ3n) is 5.22.